The lowest BCUT2D eigenvalue weighted by molar-refractivity contribution is -0.0607. The minimum absolute atomic E-state index is 0.107. The van der Waals surface area contributed by atoms with Gasteiger partial charge in [0.2, 0.25) is 0 Å². The van der Waals surface area contributed by atoms with Crippen molar-refractivity contribution < 1.29 is 4.74 Å². The monoisotopic (exact) mass is 317 g/mol. The van der Waals surface area contributed by atoms with E-state index >= 15 is 0 Å². The second-order valence-corrected chi connectivity index (χ2v) is 6.53. The van der Waals surface area contributed by atoms with Crippen molar-refractivity contribution in [2.24, 2.45) is 0 Å². The molecular weight excluding hydrogens is 294 g/mol. The van der Waals surface area contributed by atoms with Gasteiger partial charge in [-0.3, -0.25) is 0 Å². The van der Waals surface area contributed by atoms with Gasteiger partial charge >= 0.3 is 0 Å². The van der Waals surface area contributed by atoms with Crippen LogP contribution in [-0.2, 0) is 10.3 Å². The van der Waals surface area contributed by atoms with Gasteiger partial charge in [0.15, 0.2) is 0 Å². The third-order valence-corrected chi connectivity index (χ3v) is 4.03. The summed E-state index contributed by atoms with van der Waals surface area (Å²) in [5, 5.41) is 0.737. The molecule has 0 radical (unpaired) electrons. The summed E-state index contributed by atoms with van der Waals surface area (Å²) in [5.74, 6) is 0. The third kappa shape index (κ3) is 4.10. The zero-order valence-electron chi connectivity index (χ0n) is 13.7. The molecular formula is C19H24ClNO. The molecule has 2 rings (SSSR count). The fraction of sp³-hybridized carbons (Fsp3) is 0.368. The summed E-state index contributed by atoms with van der Waals surface area (Å²) in [4.78, 5) is 2.14. The van der Waals surface area contributed by atoms with Gasteiger partial charge in [-0.25, -0.2) is 0 Å². The van der Waals surface area contributed by atoms with Crippen molar-refractivity contribution in [2.45, 2.75) is 25.6 Å². The van der Waals surface area contributed by atoms with Gasteiger partial charge in [-0.05, 0) is 51.2 Å². The van der Waals surface area contributed by atoms with E-state index in [0.29, 0.717) is 0 Å². The second kappa shape index (κ2) is 7.28. The van der Waals surface area contributed by atoms with Crippen LogP contribution in [0, 0.1) is 0 Å². The molecule has 0 fully saturated rings. The van der Waals surface area contributed by atoms with Crippen LogP contribution in [-0.4, -0.2) is 31.6 Å². The Kier molecular flexibility index (Phi) is 5.63. The van der Waals surface area contributed by atoms with Gasteiger partial charge in [-0.1, -0.05) is 54.1 Å². The normalized spacial score (nSPS) is 15.5. The smallest absolute Gasteiger partial charge is 0.116 e. The van der Waals surface area contributed by atoms with Crippen LogP contribution in [0.5, 0.6) is 0 Å². The van der Waals surface area contributed by atoms with E-state index in [-0.39, 0.29) is 6.10 Å². The lowest BCUT2D eigenvalue weighted by atomic mass is 9.87. The molecule has 0 aliphatic heterocycles. The van der Waals surface area contributed by atoms with Crippen LogP contribution in [0.4, 0.5) is 0 Å². The molecule has 0 unspecified atom stereocenters. The summed E-state index contributed by atoms with van der Waals surface area (Å²) >= 11 is 6.03. The molecule has 3 heteroatoms. The van der Waals surface area contributed by atoms with Crippen LogP contribution in [0.1, 0.15) is 25.0 Å². The largest absolute Gasteiger partial charge is 0.362 e. The second-order valence-electron chi connectivity index (χ2n) is 6.10. The maximum Gasteiger partial charge on any atom is 0.116 e. The summed E-state index contributed by atoms with van der Waals surface area (Å²) in [7, 11) is 4.12. The highest BCUT2D eigenvalue weighted by Gasteiger charge is 2.31. The molecule has 0 spiro atoms. The Morgan fingerprint density at radius 2 is 1.55 bits per heavy atom. The number of halogens is 1. The molecule has 2 aromatic carbocycles. The van der Waals surface area contributed by atoms with E-state index < -0.39 is 5.60 Å². The van der Waals surface area contributed by atoms with E-state index in [0.717, 1.165) is 22.7 Å². The first kappa shape index (κ1) is 17.0. The standard InChI is InChI=1S/C19H24ClNO/c1-15(14-21(3)4)22-19(2,16-8-6-5-7-9-16)17-10-12-18(20)13-11-17/h5-13,15H,14H2,1-4H3/t15-,19+/m0/s1. The molecule has 0 N–H and O–H groups in total. The molecule has 2 aromatic rings. The fourth-order valence-corrected chi connectivity index (χ4v) is 2.91. The Hall–Kier alpha value is -1.35. The summed E-state index contributed by atoms with van der Waals surface area (Å²) in [5.41, 5.74) is 1.75. The van der Waals surface area contributed by atoms with Crippen LogP contribution < -0.4 is 0 Å². The number of likely N-dealkylation sites (N-methyl/N-ethyl adjacent to an activating group) is 1. The van der Waals surface area contributed by atoms with Crippen LogP contribution in [0.2, 0.25) is 5.02 Å². The number of hydrogen-bond acceptors (Lipinski definition) is 2. The Balaban J connectivity index is 2.38. The SMILES string of the molecule is C[C@@H](CN(C)C)O[C@](C)(c1ccccc1)c1ccc(Cl)cc1. The van der Waals surface area contributed by atoms with Crippen molar-refractivity contribution in [1.29, 1.82) is 0 Å². The van der Waals surface area contributed by atoms with E-state index in [1.807, 2.05) is 42.5 Å². The van der Waals surface area contributed by atoms with Gasteiger partial charge in [0.25, 0.3) is 0 Å². The predicted molar refractivity (Wildman–Crippen MR) is 93.4 cm³/mol. The molecule has 0 saturated carbocycles. The maximum absolute atomic E-state index is 6.48. The van der Waals surface area contributed by atoms with Crippen LogP contribution in [0.15, 0.2) is 54.6 Å². The highest BCUT2D eigenvalue weighted by molar-refractivity contribution is 6.30. The number of nitrogens with zero attached hydrogens (tertiary/aromatic N) is 1. The third-order valence-electron chi connectivity index (χ3n) is 3.78. The Labute approximate surface area is 138 Å². The molecule has 0 saturated heterocycles. The van der Waals surface area contributed by atoms with Gasteiger partial charge < -0.3 is 9.64 Å². The zero-order chi connectivity index (χ0) is 16.2. The van der Waals surface area contributed by atoms with E-state index in [4.69, 9.17) is 16.3 Å². The van der Waals surface area contributed by atoms with Crippen molar-refractivity contribution >= 4 is 11.6 Å². The van der Waals surface area contributed by atoms with Gasteiger partial charge in [0.1, 0.15) is 5.60 Å². The van der Waals surface area contributed by atoms with Crippen LogP contribution in [0.3, 0.4) is 0 Å². The molecule has 118 valence electrons. The summed E-state index contributed by atoms with van der Waals surface area (Å²) < 4.78 is 6.48. The van der Waals surface area contributed by atoms with E-state index in [1.54, 1.807) is 0 Å². The molecule has 2 atom stereocenters. The van der Waals surface area contributed by atoms with Crippen molar-refractivity contribution in [3.63, 3.8) is 0 Å². The van der Waals surface area contributed by atoms with Gasteiger partial charge in [0.05, 0.1) is 6.10 Å². The highest BCUT2D eigenvalue weighted by atomic mass is 35.5. The summed E-state index contributed by atoms with van der Waals surface area (Å²) in [6.07, 6.45) is 0.107. The zero-order valence-corrected chi connectivity index (χ0v) is 14.5. The summed E-state index contributed by atoms with van der Waals surface area (Å²) in [6, 6.07) is 18.2. The molecule has 2 nitrogen and oxygen atoms in total. The fourth-order valence-electron chi connectivity index (χ4n) is 2.78. The van der Waals surface area contributed by atoms with Gasteiger partial charge in [-0.2, -0.15) is 0 Å². The van der Waals surface area contributed by atoms with E-state index in [2.05, 4.69) is 45.0 Å². The van der Waals surface area contributed by atoms with Gasteiger partial charge in [0, 0.05) is 11.6 Å². The minimum atomic E-state index is -0.499. The van der Waals surface area contributed by atoms with Crippen molar-refractivity contribution in [1.82, 2.24) is 4.90 Å². The first-order valence-corrected chi connectivity index (χ1v) is 7.94. The topological polar surface area (TPSA) is 12.5 Å². The molecule has 0 aliphatic rings. The summed E-state index contributed by atoms with van der Waals surface area (Å²) in [6.45, 7) is 5.10. The van der Waals surface area contributed by atoms with Crippen molar-refractivity contribution in [2.75, 3.05) is 20.6 Å². The minimum Gasteiger partial charge on any atom is -0.362 e. The van der Waals surface area contributed by atoms with Crippen molar-refractivity contribution in [3.8, 4) is 0 Å². The number of rotatable bonds is 6. The predicted octanol–water partition coefficient (Wildman–Crippen LogP) is 4.57. The van der Waals surface area contributed by atoms with E-state index in [9.17, 15) is 0 Å². The Morgan fingerprint density at radius 3 is 2.09 bits per heavy atom. The number of ether oxygens (including phenoxy) is 1. The molecule has 0 amide bonds. The number of hydrogen-bond donors (Lipinski definition) is 0. The molecule has 22 heavy (non-hydrogen) atoms. The molecule has 0 bridgehead atoms. The van der Waals surface area contributed by atoms with Crippen LogP contribution in [0.25, 0.3) is 0 Å². The lowest BCUT2D eigenvalue weighted by Gasteiger charge is -2.35. The average molecular weight is 318 g/mol. The first-order chi connectivity index (χ1) is 10.4. The maximum atomic E-state index is 6.48. The quantitative estimate of drug-likeness (QED) is 0.773. The first-order valence-electron chi connectivity index (χ1n) is 7.56. The Morgan fingerprint density at radius 1 is 1.00 bits per heavy atom. The lowest BCUT2D eigenvalue weighted by Crippen LogP contribution is -2.36. The highest BCUT2D eigenvalue weighted by Crippen LogP contribution is 2.35. The Bertz CT molecular complexity index is 582. The number of benzene rings is 2. The average Bonchev–Trinajstić information content (AvgIpc) is 2.47. The molecule has 0 aromatic heterocycles. The van der Waals surface area contributed by atoms with E-state index in [1.165, 1.54) is 0 Å². The van der Waals surface area contributed by atoms with Crippen LogP contribution >= 0.6 is 11.6 Å². The molecule has 0 aliphatic carbocycles. The van der Waals surface area contributed by atoms with Gasteiger partial charge in [-0.15, -0.1) is 0 Å². The van der Waals surface area contributed by atoms with Crippen molar-refractivity contribution in [3.05, 3.63) is 70.7 Å². The molecule has 0 heterocycles.